The fourth-order valence-corrected chi connectivity index (χ4v) is 3.96. The number of hydrogen-bond acceptors (Lipinski definition) is 5. The summed E-state index contributed by atoms with van der Waals surface area (Å²) in [6, 6.07) is 11.2. The van der Waals surface area contributed by atoms with E-state index in [9.17, 15) is 19.7 Å². The molecule has 0 aliphatic carbocycles. The van der Waals surface area contributed by atoms with Gasteiger partial charge >= 0.3 is 0 Å². The van der Waals surface area contributed by atoms with Crippen molar-refractivity contribution in [1.82, 2.24) is 0 Å². The number of rotatable bonds is 5. The number of carbonyl (C=O) groups excluding carboxylic acids is 2. The molecule has 0 bridgehead atoms. The average molecular weight is 418 g/mol. The third kappa shape index (κ3) is 3.97. The van der Waals surface area contributed by atoms with Crippen molar-refractivity contribution in [3.05, 3.63) is 62.5 Å². The Morgan fingerprint density at radius 3 is 2.25 bits per heavy atom. The molecular formula is C19H16ClN3O4S. The van der Waals surface area contributed by atoms with E-state index in [4.69, 9.17) is 11.6 Å². The molecule has 144 valence electrons. The molecule has 2 N–H and O–H groups in total. The van der Waals surface area contributed by atoms with Gasteiger partial charge in [0.25, 0.3) is 11.6 Å². The fourth-order valence-electron chi connectivity index (χ4n) is 2.48. The zero-order valence-corrected chi connectivity index (χ0v) is 16.6. The van der Waals surface area contributed by atoms with Crippen LogP contribution < -0.4 is 10.6 Å². The topological polar surface area (TPSA) is 101 Å². The van der Waals surface area contributed by atoms with Gasteiger partial charge in [-0.3, -0.25) is 19.7 Å². The number of non-ortho nitro benzene ring substituents is 1. The molecule has 1 heterocycles. The number of halogens is 1. The molecule has 0 radical (unpaired) electrons. The van der Waals surface area contributed by atoms with E-state index in [0.717, 1.165) is 11.3 Å². The third-order valence-electron chi connectivity index (χ3n) is 3.97. The number of anilines is 2. The normalized spacial score (nSPS) is 10.9. The minimum Gasteiger partial charge on any atom is -0.326 e. The average Bonchev–Trinajstić information content (AvgIpc) is 3.00. The number of nitrogens with zero attached hydrogens (tertiary/aromatic N) is 1. The number of benzene rings is 2. The molecule has 7 nitrogen and oxygen atoms in total. The minimum atomic E-state index is -0.499. The zero-order chi connectivity index (χ0) is 20.4. The van der Waals surface area contributed by atoms with E-state index in [0.29, 0.717) is 21.5 Å². The molecule has 0 saturated heterocycles. The van der Waals surface area contributed by atoms with Crippen LogP contribution in [0.25, 0.3) is 10.1 Å². The van der Waals surface area contributed by atoms with E-state index in [1.165, 1.54) is 12.1 Å². The second-order valence-electron chi connectivity index (χ2n) is 6.33. The van der Waals surface area contributed by atoms with E-state index in [2.05, 4.69) is 10.6 Å². The summed E-state index contributed by atoms with van der Waals surface area (Å²) in [5.74, 6) is -0.701. The van der Waals surface area contributed by atoms with Crippen LogP contribution in [-0.2, 0) is 4.79 Å². The number of thiophene rings is 1. The van der Waals surface area contributed by atoms with E-state index >= 15 is 0 Å². The van der Waals surface area contributed by atoms with Gasteiger partial charge in [0.15, 0.2) is 0 Å². The Labute approximate surface area is 169 Å². The summed E-state index contributed by atoms with van der Waals surface area (Å²) in [7, 11) is 0. The molecule has 3 rings (SSSR count). The quantitative estimate of drug-likeness (QED) is 0.433. The predicted octanol–water partition coefficient (Wildman–Crippen LogP) is 5.31. The van der Waals surface area contributed by atoms with Crippen molar-refractivity contribution >= 4 is 61.9 Å². The van der Waals surface area contributed by atoms with Crippen LogP contribution in [0.5, 0.6) is 0 Å². The van der Waals surface area contributed by atoms with Gasteiger partial charge in [-0.25, -0.2) is 0 Å². The Bertz CT molecular complexity index is 1080. The molecular weight excluding hydrogens is 402 g/mol. The maximum atomic E-state index is 12.6. The van der Waals surface area contributed by atoms with Gasteiger partial charge in [-0.05, 0) is 24.3 Å². The highest BCUT2D eigenvalue weighted by molar-refractivity contribution is 7.22. The SMILES string of the molecule is CC(C)C(=O)Nc1ccc(NC(=O)c2sc3c([N+](=O)[O-])cccc3c2Cl)cc1. The lowest BCUT2D eigenvalue weighted by Crippen LogP contribution is -2.17. The van der Waals surface area contributed by atoms with Crippen molar-refractivity contribution < 1.29 is 14.5 Å². The van der Waals surface area contributed by atoms with Gasteiger partial charge in [0.2, 0.25) is 5.91 Å². The molecule has 0 spiro atoms. The molecule has 2 amide bonds. The molecule has 9 heteroatoms. The first-order valence-electron chi connectivity index (χ1n) is 8.35. The van der Waals surface area contributed by atoms with Crippen molar-refractivity contribution in [1.29, 1.82) is 0 Å². The standard InChI is InChI=1S/C19H16ClN3O4S/c1-10(2)18(24)21-11-6-8-12(9-7-11)22-19(25)17-15(20)13-4-3-5-14(23(26)27)16(13)28-17/h3-10H,1-2H3,(H,21,24)(H,22,25). The molecule has 1 aromatic heterocycles. The van der Waals surface area contributed by atoms with Crippen molar-refractivity contribution in [2.75, 3.05) is 10.6 Å². The Hall–Kier alpha value is -2.97. The van der Waals surface area contributed by atoms with Crippen LogP contribution in [0.15, 0.2) is 42.5 Å². The highest BCUT2D eigenvalue weighted by Gasteiger charge is 2.22. The molecule has 0 saturated carbocycles. The molecule has 0 unspecified atom stereocenters. The number of nitrogens with one attached hydrogen (secondary N) is 2. The number of nitro groups is 1. The van der Waals surface area contributed by atoms with Crippen molar-refractivity contribution in [3.63, 3.8) is 0 Å². The fraction of sp³-hybridized carbons (Fsp3) is 0.158. The molecule has 0 aliphatic heterocycles. The van der Waals surface area contributed by atoms with Gasteiger partial charge in [-0.15, -0.1) is 11.3 Å². The summed E-state index contributed by atoms with van der Waals surface area (Å²) >= 11 is 7.26. The van der Waals surface area contributed by atoms with Gasteiger partial charge in [0.05, 0.1) is 9.95 Å². The van der Waals surface area contributed by atoms with Gasteiger partial charge in [-0.2, -0.15) is 0 Å². The number of carbonyl (C=O) groups is 2. The van der Waals surface area contributed by atoms with Crippen molar-refractivity contribution in [2.24, 2.45) is 5.92 Å². The van der Waals surface area contributed by atoms with Gasteiger partial charge < -0.3 is 10.6 Å². The summed E-state index contributed by atoms with van der Waals surface area (Å²) in [5, 5.41) is 17.3. The summed E-state index contributed by atoms with van der Waals surface area (Å²) in [5.41, 5.74) is 1.04. The smallest absolute Gasteiger partial charge is 0.287 e. The zero-order valence-electron chi connectivity index (χ0n) is 15.0. The third-order valence-corrected chi connectivity index (χ3v) is 5.70. The van der Waals surface area contributed by atoms with Crippen LogP contribution in [0.2, 0.25) is 5.02 Å². The van der Waals surface area contributed by atoms with E-state index < -0.39 is 10.8 Å². The number of hydrogen-bond donors (Lipinski definition) is 2. The van der Waals surface area contributed by atoms with Crippen LogP contribution in [0, 0.1) is 16.0 Å². The number of nitro benzene ring substituents is 1. The molecule has 0 atom stereocenters. The summed E-state index contributed by atoms with van der Waals surface area (Å²) < 4.78 is 0.356. The number of amides is 2. The summed E-state index contributed by atoms with van der Waals surface area (Å²) in [4.78, 5) is 35.2. The largest absolute Gasteiger partial charge is 0.326 e. The first-order chi connectivity index (χ1) is 13.3. The van der Waals surface area contributed by atoms with Gasteiger partial charge in [-0.1, -0.05) is 37.6 Å². The van der Waals surface area contributed by atoms with Crippen LogP contribution in [0.3, 0.4) is 0 Å². The van der Waals surface area contributed by atoms with Crippen LogP contribution >= 0.6 is 22.9 Å². The van der Waals surface area contributed by atoms with Crippen LogP contribution in [-0.4, -0.2) is 16.7 Å². The van der Waals surface area contributed by atoms with E-state index in [-0.39, 0.29) is 27.4 Å². The molecule has 28 heavy (non-hydrogen) atoms. The van der Waals surface area contributed by atoms with Gasteiger partial charge in [0.1, 0.15) is 9.58 Å². The number of fused-ring (bicyclic) bond motifs is 1. The first-order valence-corrected chi connectivity index (χ1v) is 9.55. The minimum absolute atomic E-state index is 0.0892. The maximum absolute atomic E-state index is 12.6. The highest BCUT2D eigenvalue weighted by Crippen LogP contribution is 2.40. The summed E-state index contributed by atoms with van der Waals surface area (Å²) in [6.07, 6.45) is 0. The molecule has 2 aromatic carbocycles. The Morgan fingerprint density at radius 1 is 1.07 bits per heavy atom. The Kier molecular flexibility index (Phi) is 5.62. The van der Waals surface area contributed by atoms with Crippen molar-refractivity contribution in [3.8, 4) is 0 Å². The van der Waals surface area contributed by atoms with Gasteiger partial charge in [0, 0.05) is 28.7 Å². The summed E-state index contributed by atoms with van der Waals surface area (Å²) in [6.45, 7) is 3.59. The van der Waals surface area contributed by atoms with Crippen LogP contribution in [0.1, 0.15) is 23.5 Å². The van der Waals surface area contributed by atoms with Crippen molar-refractivity contribution in [2.45, 2.75) is 13.8 Å². The van der Waals surface area contributed by atoms with Crippen LogP contribution in [0.4, 0.5) is 17.1 Å². The second-order valence-corrected chi connectivity index (χ2v) is 7.73. The first kappa shape index (κ1) is 19.8. The monoisotopic (exact) mass is 417 g/mol. The highest BCUT2D eigenvalue weighted by atomic mass is 35.5. The second kappa shape index (κ2) is 7.95. The molecule has 3 aromatic rings. The molecule has 0 fully saturated rings. The van der Waals surface area contributed by atoms with E-state index in [1.807, 2.05) is 0 Å². The maximum Gasteiger partial charge on any atom is 0.287 e. The Morgan fingerprint density at radius 2 is 1.68 bits per heavy atom. The Balaban J connectivity index is 1.82. The molecule has 0 aliphatic rings. The van der Waals surface area contributed by atoms with E-state index in [1.54, 1.807) is 44.2 Å². The lowest BCUT2D eigenvalue weighted by atomic mass is 10.2. The predicted molar refractivity (Wildman–Crippen MR) is 111 cm³/mol. The lowest BCUT2D eigenvalue weighted by molar-refractivity contribution is -0.382. The lowest BCUT2D eigenvalue weighted by Gasteiger charge is -2.09.